The Bertz CT molecular complexity index is 986. The Kier molecular flexibility index (Phi) is 4.93. The maximum absolute atomic E-state index is 14.7. The molecule has 0 saturated carbocycles. The minimum absolute atomic E-state index is 0.154. The number of methoxy groups -OCH3 is 2. The first kappa shape index (κ1) is 18.3. The predicted octanol–water partition coefficient (Wildman–Crippen LogP) is 3.38. The molecule has 0 aliphatic carbocycles. The van der Waals surface area contributed by atoms with Gasteiger partial charge in [0, 0.05) is 30.9 Å². The minimum atomic E-state index is -0.634. The molecule has 7 heteroatoms. The number of hydrogen-bond donors (Lipinski definition) is 1. The molecule has 1 aliphatic rings. The van der Waals surface area contributed by atoms with Gasteiger partial charge in [-0.05, 0) is 6.07 Å². The molecule has 1 atom stereocenters. The van der Waals surface area contributed by atoms with E-state index in [1.165, 1.54) is 20.3 Å². The van der Waals surface area contributed by atoms with E-state index in [2.05, 4.69) is 10.2 Å². The van der Waals surface area contributed by atoms with Crippen LogP contribution >= 0.6 is 0 Å². The van der Waals surface area contributed by atoms with Crippen LogP contribution in [0, 0.1) is 5.82 Å². The Balaban J connectivity index is 1.87. The van der Waals surface area contributed by atoms with Gasteiger partial charge in [-0.1, -0.05) is 48.5 Å². The number of nitrogens with zero attached hydrogens (tertiary/aromatic N) is 2. The number of rotatable bonds is 6. The summed E-state index contributed by atoms with van der Waals surface area (Å²) >= 11 is 0. The average Bonchev–Trinajstić information content (AvgIpc) is 3.27. The van der Waals surface area contributed by atoms with Crippen LogP contribution < -0.4 is 0 Å². The van der Waals surface area contributed by atoms with E-state index in [1.807, 2.05) is 30.3 Å². The number of fused-ring (bicyclic) bond motifs is 1. The van der Waals surface area contributed by atoms with Crippen molar-refractivity contribution in [2.24, 2.45) is 0 Å². The van der Waals surface area contributed by atoms with Gasteiger partial charge in [0.15, 0.2) is 6.29 Å². The Labute approximate surface area is 161 Å². The molecule has 144 valence electrons. The number of amides is 1. The summed E-state index contributed by atoms with van der Waals surface area (Å²) in [5, 5.41) is 7.21. The van der Waals surface area contributed by atoms with E-state index in [9.17, 15) is 9.18 Å². The smallest absolute Gasteiger partial charge is 0.273 e. The van der Waals surface area contributed by atoms with Crippen LogP contribution in [0.5, 0.6) is 0 Å². The number of H-pyrrole nitrogens is 1. The number of aromatic amines is 1. The number of carbonyl (C=O) groups is 1. The van der Waals surface area contributed by atoms with Crippen molar-refractivity contribution >= 4 is 5.91 Å². The summed E-state index contributed by atoms with van der Waals surface area (Å²) in [6, 6.07) is 15.4. The fourth-order valence-electron chi connectivity index (χ4n) is 3.63. The van der Waals surface area contributed by atoms with Crippen LogP contribution in [0.3, 0.4) is 0 Å². The SMILES string of the molecule is COC(CN1C(=O)c2[nH]nc(-c3ccccc3)c2C1c1ccccc1F)OC. The van der Waals surface area contributed by atoms with Gasteiger partial charge in [-0.2, -0.15) is 5.10 Å². The molecular formula is C21H20FN3O3. The largest absolute Gasteiger partial charge is 0.354 e. The molecule has 0 spiro atoms. The highest BCUT2D eigenvalue weighted by molar-refractivity contribution is 6.00. The van der Waals surface area contributed by atoms with E-state index in [4.69, 9.17) is 9.47 Å². The summed E-state index contributed by atoms with van der Waals surface area (Å²) < 4.78 is 25.3. The highest BCUT2D eigenvalue weighted by Crippen LogP contribution is 2.43. The highest BCUT2D eigenvalue weighted by Gasteiger charge is 2.44. The van der Waals surface area contributed by atoms with Gasteiger partial charge in [0.05, 0.1) is 18.3 Å². The summed E-state index contributed by atoms with van der Waals surface area (Å²) in [4.78, 5) is 14.7. The fraction of sp³-hybridized carbons (Fsp3) is 0.238. The molecule has 6 nitrogen and oxygen atoms in total. The molecule has 1 unspecified atom stereocenters. The molecule has 1 aliphatic heterocycles. The van der Waals surface area contributed by atoms with E-state index in [1.54, 1.807) is 23.1 Å². The van der Waals surface area contributed by atoms with E-state index in [0.29, 0.717) is 22.5 Å². The van der Waals surface area contributed by atoms with E-state index in [-0.39, 0.29) is 18.3 Å². The molecule has 0 fully saturated rings. The average molecular weight is 381 g/mol. The lowest BCUT2D eigenvalue weighted by molar-refractivity contribution is -0.113. The lowest BCUT2D eigenvalue weighted by atomic mass is 9.95. The topological polar surface area (TPSA) is 67.5 Å². The Morgan fingerprint density at radius 3 is 2.46 bits per heavy atom. The summed E-state index contributed by atoms with van der Waals surface area (Å²) in [6.07, 6.45) is -0.629. The molecular weight excluding hydrogens is 361 g/mol. The third kappa shape index (κ3) is 2.98. The molecule has 28 heavy (non-hydrogen) atoms. The number of carbonyl (C=O) groups excluding carboxylic acids is 1. The number of benzene rings is 2. The Hall–Kier alpha value is -3.03. The van der Waals surface area contributed by atoms with E-state index >= 15 is 0 Å². The second-order valence-electron chi connectivity index (χ2n) is 6.51. The first-order valence-corrected chi connectivity index (χ1v) is 8.90. The predicted molar refractivity (Wildman–Crippen MR) is 101 cm³/mol. The zero-order valence-electron chi connectivity index (χ0n) is 15.6. The zero-order valence-corrected chi connectivity index (χ0v) is 15.6. The molecule has 2 aromatic carbocycles. The van der Waals surface area contributed by atoms with Crippen molar-refractivity contribution < 1.29 is 18.7 Å². The molecule has 1 aromatic heterocycles. The second kappa shape index (κ2) is 7.53. The Morgan fingerprint density at radius 2 is 1.79 bits per heavy atom. The van der Waals surface area contributed by atoms with Crippen LogP contribution in [0.2, 0.25) is 0 Å². The molecule has 0 bridgehead atoms. The van der Waals surface area contributed by atoms with Gasteiger partial charge in [-0.25, -0.2) is 4.39 Å². The van der Waals surface area contributed by atoms with Crippen molar-refractivity contribution in [3.63, 3.8) is 0 Å². The van der Waals surface area contributed by atoms with Gasteiger partial charge in [-0.15, -0.1) is 0 Å². The normalized spacial score (nSPS) is 16.1. The van der Waals surface area contributed by atoms with Crippen LogP contribution in [-0.2, 0) is 9.47 Å². The first-order valence-electron chi connectivity index (χ1n) is 8.90. The standard InChI is InChI=1S/C21H20FN3O3/c1-27-16(28-2)12-25-20(14-10-6-7-11-15(14)22)17-18(13-8-4-3-5-9-13)23-24-19(17)21(25)26/h3-11,16,20H,12H2,1-2H3,(H,23,24). The number of halogens is 1. The third-order valence-corrected chi connectivity index (χ3v) is 4.98. The van der Waals surface area contributed by atoms with Crippen LogP contribution in [0.15, 0.2) is 54.6 Å². The molecule has 0 radical (unpaired) electrons. The van der Waals surface area contributed by atoms with Gasteiger partial charge in [0.1, 0.15) is 11.5 Å². The van der Waals surface area contributed by atoms with Gasteiger partial charge >= 0.3 is 0 Å². The van der Waals surface area contributed by atoms with Gasteiger partial charge < -0.3 is 14.4 Å². The zero-order chi connectivity index (χ0) is 19.7. The molecule has 0 saturated heterocycles. The summed E-state index contributed by atoms with van der Waals surface area (Å²) in [7, 11) is 3.01. The molecule has 2 heterocycles. The quantitative estimate of drug-likeness (QED) is 0.665. The monoisotopic (exact) mass is 381 g/mol. The summed E-state index contributed by atoms with van der Waals surface area (Å²) in [5.41, 5.74) is 2.90. The number of ether oxygens (including phenoxy) is 2. The van der Waals surface area contributed by atoms with E-state index < -0.39 is 12.3 Å². The number of hydrogen-bond acceptors (Lipinski definition) is 4. The van der Waals surface area contributed by atoms with Gasteiger partial charge in [0.25, 0.3) is 5.91 Å². The Morgan fingerprint density at radius 1 is 1.11 bits per heavy atom. The number of nitrogens with one attached hydrogen (secondary N) is 1. The van der Waals surface area contributed by atoms with Crippen molar-refractivity contribution in [2.75, 3.05) is 20.8 Å². The van der Waals surface area contributed by atoms with Crippen molar-refractivity contribution in [1.29, 1.82) is 0 Å². The maximum atomic E-state index is 14.7. The maximum Gasteiger partial charge on any atom is 0.273 e. The van der Waals surface area contributed by atoms with Crippen LogP contribution in [0.4, 0.5) is 4.39 Å². The number of aromatic nitrogens is 2. The van der Waals surface area contributed by atoms with Crippen molar-refractivity contribution in [3.8, 4) is 11.3 Å². The molecule has 4 rings (SSSR count). The minimum Gasteiger partial charge on any atom is -0.354 e. The summed E-state index contributed by atoms with van der Waals surface area (Å²) in [6.45, 7) is 0.154. The van der Waals surface area contributed by atoms with Crippen molar-refractivity contribution in [2.45, 2.75) is 12.3 Å². The fourth-order valence-corrected chi connectivity index (χ4v) is 3.63. The highest BCUT2D eigenvalue weighted by atomic mass is 19.1. The molecule has 3 aromatic rings. The van der Waals surface area contributed by atoms with Crippen molar-refractivity contribution in [1.82, 2.24) is 15.1 Å². The summed E-state index contributed by atoms with van der Waals surface area (Å²) in [5.74, 6) is -0.651. The van der Waals surface area contributed by atoms with Gasteiger partial charge in [-0.3, -0.25) is 9.89 Å². The molecule has 1 N–H and O–H groups in total. The lowest BCUT2D eigenvalue weighted by Crippen LogP contribution is -2.38. The van der Waals surface area contributed by atoms with Crippen LogP contribution in [0.1, 0.15) is 27.7 Å². The van der Waals surface area contributed by atoms with Gasteiger partial charge in [0.2, 0.25) is 0 Å². The third-order valence-electron chi connectivity index (χ3n) is 4.98. The lowest BCUT2D eigenvalue weighted by Gasteiger charge is -2.29. The molecule has 1 amide bonds. The van der Waals surface area contributed by atoms with Crippen LogP contribution in [-0.4, -0.2) is 48.1 Å². The van der Waals surface area contributed by atoms with Crippen LogP contribution in [0.25, 0.3) is 11.3 Å². The van der Waals surface area contributed by atoms with E-state index in [0.717, 1.165) is 5.56 Å². The first-order chi connectivity index (χ1) is 13.7. The second-order valence-corrected chi connectivity index (χ2v) is 6.51. The van der Waals surface area contributed by atoms with Crippen molar-refractivity contribution in [3.05, 3.63) is 77.2 Å².